The zero-order chi connectivity index (χ0) is 12.7. The largest absolute Gasteiger partial charge is 0.491 e. The average molecular weight is 235 g/mol. The van der Waals surface area contributed by atoms with Crippen molar-refractivity contribution in [3.05, 3.63) is 23.8 Å². The van der Waals surface area contributed by atoms with E-state index in [1.165, 1.54) is 6.42 Å². The number of Topliss-reactive ketones (excluding diaryl/α,β-unsaturated/α-hetero) is 1. The van der Waals surface area contributed by atoms with Crippen molar-refractivity contribution in [2.45, 2.75) is 39.5 Å². The summed E-state index contributed by atoms with van der Waals surface area (Å²) >= 11 is 0. The smallest absolute Gasteiger partial charge is 0.162 e. The highest BCUT2D eigenvalue weighted by atomic mass is 16.5. The molecule has 0 radical (unpaired) electrons. The first-order chi connectivity index (χ1) is 8.19. The second-order valence-corrected chi connectivity index (χ2v) is 4.08. The molecule has 3 nitrogen and oxygen atoms in total. The molecule has 0 amide bonds. The molecule has 94 valence electrons. The second-order valence-electron chi connectivity index (χ2n) is 4.08. The highest BCUT2D eigenvalue weighted by molar-refractivity contribution is 5.97. The van der Waals surface area contributed by atoms with Crippen molar-refractivity contribution in [1.29, 1.82) is 0 Å². The van der Waals surface area contributed by atoms with Gasteiger partial charge in [-0.15, -0.1) is 0 Å². The van der Waals surface area contributed by atoms with Crippen LogP contribution in [0.15, 0.2) is 18.2 Å². The lowest BCUT2D eigenvalue weighted by molar-refractivity contribution is 0.0988. The van der Waals surface area contributed by atoms with Gasteiger partial charge in [-0.3, -0.25) is 4.79 Å². The summed E-state index contributed by atoms with van der Waals surface area (Å²) in [4.78, 5) is 11.5. The third kappa shape index (κ3) is 4.10. The lowest BCUT2D eigenvalue weighted by Gasteiger charge is -2.09. The van der Waals surface area contributed by atoms with Crippen LogP contribution in [0.5, 0.6) is 5.75 Å². The van der Waals surface area contributed by atoms with Crippen molar-refractivity contribution in [2.75, 3.05) is 12.3 Å². The predicted octanol–water partition coefficient (Wildman–Crippen LogP) is 3.43. The lowest BCUT2D eigenvalue weighted by Crippen LogP contribution is -2.03. The Labute approximate surface area is 103 Å². The maximum absolute atomic E-state index is 11.5. The Hall–Kier alpha value is -1.51. The predicted molar refractivity (Wildman–Crippen MR) is 70.5 cm³/mol. The van der Waals surface area contributed by atoms with Crippen molar-refractivity contribution in [3.63, 3.8) is 0 Å². The van der Waals surface area contributed by atoms with Crippen molar-refractivity contribution < 1.29 is 9.53 Å². The molecule has 0 bridgehead atoms. The van der Waals surface area contributed by atoms with Crippen molar-refractivity contribution >= 4 is 11.5 Å². The zero-order valence-corrected chi connectivity index (χ0v) is 10.7. The summed E-state index contributed by atoms with van der Waals surface area (Å²) in [6, 6.07) is 5.25. The fourth-order valence-corrected chi connectivity index (χ4v) is 1.59. The first kappa shape index (κ1) is 13.6. The van der Waals surface area contributed by atoms with Gasteiger partial charge in [0.2, 0.25) is 0 Å². The van der Waals surface area contributed by atoms with Crippen LogP contribution in [0.1, 0.15) is 49.9 Å². The SMILES string of the molecule is CCCCCOc1ccc(C(=O)CC)cc1N. The summed E-state index contributed by atoms with van der Waals surface area (Å²) in [5, 5.41) is 0. The number of rotatable bonds is 7. The minimum Gasteiger partial charge on any atom is -0.491 e. The molecular weight excluding hydrogens is 214 g/mol. The molecule has 0 aliphatic heterocycles. The Kier molecular flexibility index (Phi) is 5.53. The number of hydrogen-bond donors (Lipinski definition) is 1. The number of hydrogen-bond acceptors (Lipinski definition) is 3. The second kappa shape index (κ2) is 6.94. The molecule has 0 fully saturated rings. The van der Waals surface area contributed by atoms with E-state index in [-0.39, 0.29) is 5.78 Å². The molecule has 0 spiro atoms. The highest BCUT2D eigenvalue weighted by Crippen LogP contribution is 2.23. The third-order valence-electron chi connectivity index (χ3n) is 2.66. The molecule has 1 aromatic carbocycles. The summed E-state index contributed by atoms with van der Waals surface area (Å²) in [6.45, 7) is 4.67. The Morgan fingerprint density at radius 3 is 2.65 bits per heavy atom. The van der Waals surface area contributed by atoms with E-state index in [0.29, 0.717) is 30.0 Å². The molecule has 0 aromatic heterocycles. The fourth-order valence-electron chi connectivity index (χ4n) is 1.59. The standard InChI is InChI=1S/C14H21NO2/c1-3-5-6-9-17-14-8-7-11(10-12(14)15)13(16)4-2/h7-8,10H,3-6,9,15H2,1-2H3. The molecule has 1 aromatic rings. The van der Waals surface area contributed by atoms with Gasteiger partial charge in [-0.25, -0.2) is 0 Å². The number of nitrogen functional groups attached to an aromatic ring is 1. The van der Waals surface area contributed by atoms with Crippen LogP contribution in [0, 0.1) is 0 Å². The number of anilines is 1. The van der Waals surface area contributed by atoms with Crippen molar-refractivity contribution in [3.8, 4) is 5.75 Å². The summed E-state index contributed by atoms with van der Waals surface area (Å²) in [5.74, 6) is 0.781. The Bertz CT molecular complexity index is 374. The van der Waals surface area contributed by atoms with Gasteiger partial charge < -0.3 is 10.5 Å². The van der Waals surface area contributed by atoms with E-state index in [1.807, 2.05) is 6.92 Å². The topological polar surface area (TPSA) is 52.3 Å². The molecule has 1 rings (SSSR count). The van der Waals surface area contributed by atoms with E-state index in [9.17, 15) is 4.79 Å². The van der Waals surface area contributed by atoms with Crippen LogP contribution in [0.4, 0.5) is 5.69 Å². The number of unbranched alkanes of at least 4 members (excludes halogenated alkanes) is 2. The molecule has 0 atom stereocenters. The maximum atomic E-state index is 11.5. The number of ketones is 1. The van der Waals surface area contributed by atoms with Gasteiger partial charge in [-0.1, -0.05) is 26.7 Å². The van der Waals surface area contributed by atoms with Crippen molar-refractivity contribution in [2.24, 2.45) is 0 Å². The quantitative estimate of drug-likeness (QED) is 0.447. The number of carbonyl (C=O) groups is 1. The molecule has 0 saturated carbocycles. The van der Waals surface area contributed by atoms with E-state index in [1.54, 1.807) is 18.2 Å². The molecule has 0 heterocycles. The van der Waals surface area contributed by atoms with E-state index < -0.39 is 0 Å². The van der Waals surface area contributed by atoms with Crippen LogP contribution in [-0.2, 0) is 0 Å². The van der Waals surface area contributed by atoms with Gasteiger partial charge in [0.15, 0.2) is 5.78 Å². The summed E-state index contributed by atoms with van der Waals surface area (Å²) in [6.07, 6.45) is 3.86. The third-order valence-corrected chi connectivity index (χ3v) is 2.66. The monoisotopic (exact) mass is 235 g/mol. The summed E-state index contributed by atoms with van der Waals surface area (Å²) in [7, 11) is 0. The van der Waals surface area contributed by atoms with Gasteiger partial charge >= 0.3 is 0 Å². The number of benzene rings is 1. The maximum Gasteiger partial charge on any atom is 0.162 e. The fraction of sp³-hybridized carbons (Fsp3) is 0.500. The normalized spacial score (nSPS) is 10.2. The van der Waals surface area contributed by atoms with Crippen LogP contribution in [0.3, 0.4) is 0 Å². The Morgan fingerprint density at radius 1 is 1.29 bits per heavy atom. The molecule has 0 aliphatic carbocycles. The molecular formula is C14H21NO2. The van der Waals surface area contributed by atoms with Crippen LogP contribution in [0.25, 0.3) is 0 Å². The number of carbonyl (C=O) groups excluding carboxylic acids is 1. The van der Waals surface area contributed by atoms with E-state index in [4.69, 9.17) is 10.5 Å². The molecule has 0 aliphatic rings. The van der Waals surface area contributed by atoms with Gasteiger partial charge in [0.05, 0.1) is 12.3 Å². The van der Waals surface area contributed by atoms with E-state index >= 15 is 0 Å². The first-order valence-electron chi connectivity index (χ1n) is 6.24. The number of nitrogens with two attached hydrogens (primary N) is 1. The van der Waals surface area contributed by atoms with Crippen LogP contribution < -0.4 is 10.5 Å². The minimum atomic E-state index is 0.106. The van der Waals surface area contributed by atoms with Gasteiger partial charge in [-0.05, 0) is 24.6 Å². The van der Waals surface area contributed by atoms with Crippen LogP contribution in [0.2, 0.25) is 0 Å². The lowest BCUT2D eigenvalue weighted by atomic mass is 10.1. The van der Waals surface area contributed by atoms with E-state index in [2.05, 4.69) is 6.92 Å². The molecule has 0 unspecified atom stereocenters. The average Bonchev–Trinajstić information content (AvgIpc) is 2.35. The summed E-state index contributed by atoms with van der Waals surface area (Å²) in [5.41, 5.74) is 7.05. The molecule has 3 heteroatoms. The molecule has 2 N–H and O–H groups in total. The van der Waals surface area contributed by atoms with E-state index in [0.717, 1.165) is 12.8 Å². The van der Waals surface area contributed by atoms with Crippen LogP contribution >= 0.6 is 0 Å². The first-order valence-corrected chi connectivity index (χ1v) is 6.24. The van der Waals surface area contributed by atoms with Crippen LogP contribution in [-0.4, -0.2) is 12.4 Å². The van der Waals surface area contributed by atoms with Gasteiger partial charge in [0.1, 0.15) is 5.75 Å². The zero-order valence-electron chi connectivity index (χ0n) is 10.7. The Balaban J connectivity index is 2.60. The Morgan fingerprint density at radius 2 is 2.06 bits per heavy atom. The minimum absolute atomic E-state index is 0.106. The molecule has 17 heavy (non-hydrogen) atoms. The summed E-state index contributed by atoms with van der Waals surface area (Å²) < 4.78 is 5.57. The molecule has 0 saturated heterocycles. The van der Waals surface area contributed by atoms with Gasteiger partial charge in [-0.2, -0.15) is 0 Å². The van der Waals surface area contributed by atoms with Crippen molar-refractivity contribution in [1.82, 2.24) is 0 Å². The van der Waals surface area contributed by atoms with Gasteiger partial charge in [0.25, 0.3) is 0 Å². The highest BCUT2D eigenvalue weighted by Gasteiger charge is 2.06. The van der Waals surface area contributed by atoms with Gasteiger partial charge in [0, 0.05) is 12.0 Å². The number of ether oxygens (including phenoxy) is 1.